The van der Waals surface area contributed by atoms with Gasteiger partial charge in [-0.05, 0) is 39.5 Å². The Morgan fingerprint density at radius 2 is 1.74 bits per heavy atom. The van der Waals surface area contributed by atoms with Crippen molar-refractivity contribution >= 4 is 26.2 Å². The quantitative estimate of drug-likeness (QED) is 0.270. The Balaban J connectivity index is 2.81. The van der Waals surface area contributed by atoms with Crippen molar-refractivity contribution in [2.24, 2.45) is 0 Å². The van der Waals surface area contributed by atoms with E-state index >= 15 is 0 Å². The minimum absolute atomic E-state index is 0.0751. The summed E-state index contributed by atoms with van der Waals surface area (Å²) in [6, 6.07) is 9.03. The van der Waals surface area contributed by atoms with Crippen LogP contribution in [0.4, 0.5) is 10.5 Å². The lowest BCUT2D eigenvalue weighted by Crippen LogP contribution is -2.54. The molecule has 0 heterocycles. The zero-order valence-electron chi connectivity index (χ0n) is 16.6. The van der Waals surface area contributed by atoms with Crippen LogP contribution in [0.25, 0.3) is 0 Å². The molecule has 1 N–H and O–H groups in total. The molecule has 8 heteroatoms. The third-order valence-electron chi connectivity index (χ3n) is 3.62. The largest absolute Gasteiger partial charge is 0.460 e. The van der Waals surface area contributed by atoms with E-state index in [2.05, 4.69) is 11.9 Å². The van der Waals surface area contributed by atoms with E-state index < -0.39 is 14.5 Å². The first-order chi connectivity index (χ1) is 12.8. The van der Waals surface area contributed by atoms with E-state index in [1.165, 1.54) is 0 Å². The molecule has 0 atom stereocenters. The second kappa shape index (κ2) is 11.5. The van der Waals surface area contributed by atoms with Crippen LogP contribution in [0.15, 0.2) is 42.5 Å². The first-order valence-electron chi connectivity index (χ1n) is 9.04. The lowest BCUT2D eigenvalue weighted by atomic mass is 10.3. The minimum atomic E-state index is -2.57. The molecule has 150 valence electrons. The molecule has 27 heavy (non-hydrogen) atoms. The molecule has 0 saturated heterocycles. The molecular weight excluding hydrogens is 364 g/mol. The summed E-state index contributed by atoms with van der Waals surface area (Å²) in [4.78, 5) is 25.8. The molecule has 1 rings (SSSR count). The van der Waals surface area contributed by atoms with Gasteiger partial charge in [0.15, 0.2) is 0 Å². The number of urea groups is 1. The van der Waals surface area contributed by atoms with Crippen LogP contribution in [0.1, 0.15) is 20.8 Å². The Morgan fingerprint density at radius 3 is 2.26 bits per heavy atom. The van der Waals surface area contributed by atoms with Crippen LogP contribution < -0.4 is 10.2 Å². The second-order valence-electron chi connectivity index (χ2n) is 6.07. The SMILES string of the molecule is C=C(C)C(=O)OCCNC(=O)N(C[Si](C)(OCC)OCC)c1ccccc1. The van der Waals surface area contributed by atoms with E-state index in [-0.39, 0.29) is 19.2 Å². The van der Waals surface area contributed by atoms with Crippen molar-refractivity contribution in [2.75, 3.05) is 37.4 Å². The number of para-hydroxylation sites is 1. The highest BCUT2D eigenvalue weighted by atomic mass is 28.4. The van der Waals surface area contributed by atoms with E-state index in [4.69, 9.17) is 13.6 Å². The van der Waals surface area contributed by atoms with E-state index in [1.807, 2.05) is 50.7 Å². The summed E-state index contributed by atoms with van der Waals surface area (Å²) in [6.07, 6.45) is 0.343. The molecule has 0 aliphatic rings. The van der Waals surface area contributed by atoms with E-state index in [9.17, 15) is 9.59 Å². The fraction of sp³-hybridized carbons (Fsp3) is 0.474. The highest BCUT2D eigenvalue weighted by Crippen LogP contribution is 2.18. The lowest BCUT2D eigenvalue weighted by molar-refractivity contribution is -0.138. The van der Waals surface area contributed by atoms with Crippen molar-refractivity contribution in [1.29, 1.82) is 0 Å². The van der Waals surface area contributed by atoms with Gasteiger partial charge >= 0.3 is 20.6 Å². The van der Waals surface area contributed by atoms with Crippen LogP contribution in [-0.2, 0) is 18.4 Å². The Hall–Kier alpha value is -2.16. The molecule has 7 nitrogen and oxygen atoms in total. The molecular formula is C19H30N2O5Si. The maximum atomic E-state index is 12.8. The highest BCUT2D eigenvalue weighted by molar-refractivity contribution is 6.67. The predicted molar refractivity (Wildman–Crippen MR) is 108 cm³/mol. The number of rotatable bonds is 11. The van der Waals surface area contributed by atoms with Gasteiger partial charge in [-0.25, -0.2) is 9.59 Å². The Labute approximate surface area is 162 Å². The Morgan fingerprint density at radius 1 is 1.15 bits per heavy atom. The molecule has 0 aliphatic carbocycles. The Kier molecular flexibility index (Phi) is 9.77. The average Bonchev–Trinajstić information content (AvgIpc) is 2.64. The maximum absolute atomic E-state index is 12.8. The summed E-state index contributed by atoms with van der Waals surface area (Å²) in [5, 5.41) is 2.77. The summed E-state index contributed by atoms with van der Waals surface area (Å²) in [5.41, 5.74) is 1.06. The number of carbonyl (C=O) groups is 2. The monoisotopic (exact) mass is 394 g/mol. The van der Waals surface area contributed by atoms with Gasteiger partial charge in [-0.15, -0.1) is 0 Å². The van der Waals surface area contributed by atoms with Crippen molar-refractivity contribution in [3.8, 4) is 0 Å². The fourth-order valence-electron chi connectivity index (χ4n) is 2.44. The van der Waals surface area contributed by atoms with Crippen molar-refractivity contribution in [2.45, 2.75) is 27.3 Å². The number of anilines is 1. The van der Waals surface area contributed by atoms with Crippen molar-refractivity contribution < 1.29 is 23.2 Å². The topological polar surface area (TPSA) is 77.1 Å². The predicted octanol–water partition coefficient (Wildman–Crippen LogP) is 3.01. The molecule has 0 saturated carbocycles. The zero-order chi connectivity index (χ0) is 20.3. The van der Waals surface area contributed by atoms with Gasteiger partial charge in [0.25, 0.3) is 0 Å². The molecule has 2 amide bonds. The van der Waals surface area contributed by atoms with Crippen LogP contribution in [0.2, 0.25) is 6.55 Å². The van der Waals surface area contributed by atoms with E-state index in [0.29, 0.717) is 25.0 Å². The summed E-state index contributed by atoms with van der Waals surface area (Å²) < 4.78 is 16.7. The summed E-state index contributed by atoms with van der Waals surface area (Å²) >= 11 is 0. The number of hydrogen-bond donors (Lipinski definition) is 1. The standard InChI is InChI=1S/C19H30N2O5Si/c1-6-25-27(5,26-7-2)15-21(17-11-9-8-10-12-17)19(23)20-13-14-24-18(22)16(3)4/h8-12H,3,6-7,13-15H2,1-2,4-5H3,(H,20,23). The van der Waals surface area contributed by atoms with Crippen molar-refractivity contribution in [3.63, 3.8) is 0 Å². The molecule has 1 aromatic carbocycles. The molecule has 1 aromatic rings. The number of esters is 1. The van der Waals surface area contributed by atoms with Gasteiger partial charge in [0.1, 0.15) is 6.61 Å². The van der Waals surface area contributed by atoms with E-state index in [1.54, 1.807) is 11.8 Å². The van der Waals surface area contributed by atoms with Crippen LogP contribution in [0, 0.1) is 0 Å². The number of amides is 2. The molecule has 0 radical (unpaired) electrons. The molecule has 0 unspecified atom stereocenters. The molecule has 0 bridgehead atoms. The number of ether oxygens (including phenoxy) is 1. The van der Waals surface area contributed by atoms with Gasteiger partial charge in [-0.1, -0.05) is 24.8 Å². The first-order valence-corrected chi connectivity index (χ1v) is 11.6. The minimum Gasteiger partial charge on any atom is -0.460 e. The molecule has 0 spiro atoms. The van der Waals surface area contributed by atoms with Gasteiger partial charge < -0.3 is 18.9 Å². The summed E-state index contributed by atoms with van der Waals surface area (Å²) in [7, 11) is -2.57. The number of benzene rings is 1. The van der Waals surface area contributed by atoms with Crippen LogP contribution >= 0.6 is 0 Å². The van der Waals surface area contributed by atoms with Crippen molar-refractivity contribution in [3.05, 3.63) is 42.5 Å². The van der Waals surface area contributed by atoms with Gasteiger partial charge in [0, 0.05) is 24.5 Å². The smallest absolute Gasteiger partial charge is 0.355 e. The summed E-state index contributed by atoms with van der Waals surface area (Å²) in [5.74, 6) is -0.475. The van der Waals surface area contributed by atoms with Gasteiger partial charge in [-0.3, -0.25) is 4.90 Å². The first kappa shape index (κ1) is 22.9. The van der Waals surface area contributed by atoms with E-state index in [0.717, 1.165) is 5.69 Å². The normalized spacial score (nSPS) is 11.0. The number of nitrogens with zero attached hydrogens (tertiary/aromatic N) is 1. The van der Waals surface area contributed by atoms with Gasteiger partial charge in [-0.2, -0.15) is 0 Å². The van der Waals surface area contributed by atoms with Crippen LogP contribution in [0.3, 0.4) is 0 Å². The molecule has 0 aromatic heterocycles. The van der Waals surface area contributed by atoms with Crippen molar-refractivity contribution in [1.82, 2.24) is 5.32 Å². The summed E-state index contributed by atoms with van der Waals surface area (Å²) in [6.45, 7) is 12.2. The lowest BCUT2D eigenvalue weighted by Gasteiger charge is -2.32. The highest BCUT2D eigenvalue weighted by Gasteiger charge is 2.36. The third kappa shape index (κ3) is 7.94. The fourth-order valence-corrected chi connectivity index (χ4v) is 4.83. The van der Waals surface area contributed by atoms with Gasteiger partial charge in [0.2, 0.25) is 0 Å². The maximum Gasteiger partial charge on any atom is 0.355 e. The van der Waals surface area contributed by atoms with Crippen LogP contribution in [0.5, 0.6) is 0 Å². The third-order valence-corrected chi connectivity index (χ3v) is 6.31. The number of carbonyl (C=O) groups excluding carboxylic acids is 2. The molecule has 0 aliphatic heterocycles. The molecule has 0 fully saturated rings. The number of hydrogen-bond acceptors (Lipinski definition) is 5. The van der Waals surface area contributed by atoms with Gasteiger partial charge in [0.05, 0.1) is 12.7 Å². The second-order valence-corrected chi connectivity index (χ2v) is 9.23. The zero-order valence-corrected chi connectivity index (χ0v) is 17.6. The average molecular weight is 395 g/mol. The number of nitrogens with one attached hydrogen (secondary N) is 1. The van der Waals surface area contributed by atoms with Crippen LogP contribution in [-0.4, -0.2) is 53.1 Å². The Bertz CT molecular complexity index is 618.